The Morgan fingerprint density at radius 1 is 1.10 bits per heavy atom. The molecule has 42 heavy (non-hydrogen) atoms. The predicted molar refractivity (Wildman–Crippen MR) is 166 cm³/mol. The fourth-order valence-corrected chi connectivity index (χ4v) is 7.99. The molecule has 2 aliphatic rings. The van der Waals surface area contributed by atoms with Crippen LogP contribution in [0, 0.1) is 6.92 Å². The van der Waals surface area contributed by atoms with Crippen LogP contribution in [0.1, 0.15) is 64.7 Å². The number of thiophene rings is 1. The van der Waals surface area contributed by atoms with Crippen molar-refractivity contribution >= 4 is 40.8 Å². The first-order valence-corrected chi connectivity index (χ1v) is 16.1. The van der Waals surface area contributed by atoms with Crippen LogP contribution < -0.4 is 10.6 Å². The second-order valence-corrected chi connectivity index (χ2v) is 14.1. The van der Waals surface area contributed by atoms with Crippen LogP contribution >= 0.6 is 23.1 Å². The molecule has 8 nitrogen and oxygen atoms in total. The molecule has 2 aromatic carbocycles. The van der Waals surface area contributed by atoms with Crippen LogP contribution in [0.15, 0.2) is 60.0 Å². The molecule has 1 saturated heterocycles. The van der Waals surface area contributed by atoms with E-state index < -0.39 is 34.7 Å². The monoisotopic (exact) mass is 607 g/mol. The molecule has 10 heteroatoms. The third-order valence-electron chi connectivity index (χ3n) is 8.24. The summed E-state index contributed by atoms with van der Waals surface area (Å²) in [5.41, 5.74) is 2.63. The van der Waals surface area contributed by atoms with E-state index in [9.17, 15) is 24.6 Å². The summed E-state index contributed by atoms with van der Waals surface area (Å²) in [6, 6.07) is 14.1. The van der Waals surface area contributed by atoms with Crippen LogP contribution in [0.3, 0.4) is 0 Å². The number of aryl methyl sites for hydroxylation is 1. The summed E-state index contributed by atoms with van der Waals surface area (Å²) in [4.78, 5) is 43.8. The van der Waals surface area contributed by atoms with Gasteiger partial charge < -0.3 is 25.7 Å². The van der Waals surface area contributed by atoms with Crippen LogP contribution in [-0.2, 0) is 22.4 Å². The molecule has 222 valence electrons. The van der Waals surface area contributed by atoms with Crippen molar-refractivity contribution in [3.63, 3.8) is 0 Å². The van der Waals surface area contributed by atoms with Crippen molar-refractivity contribution in [2.24, 2.45) is 0 Å². The highest BCUT2D eigenvalue weighted by Crippen LogP contribution is 2.41. The minimum absolute atomic E-state index is 0.0170. The lowest BCUT2D eigenvalue weighted by molar-refractivity contribution is -0.147. The first-order valence-electron chi connectivity index (χ1n) is 14.2. The van der Waals surface area contributed by atoms with E-state index in [0.717, 1.165) is 30.4 Å². The van der Waals surface area contributed by atoms with Gasteiger partial charge >= 0.3 is 0 Å². The largest absolute Gasteiger partial charge is 0.508 e. The Balaban J connectivity index is 1.38. The van der Waals surface area contributed by atoms with E-state index >= 15 is 0 Å². The Hall–Kier alpha value is -3.34. The van der Waals surface area contributed by atoms with E-state index in [1.165, 1.54) is 27.6 Å². The minimum Gasteiger partial charge on any atom is -0.508 e. The van der Waals surface area contributed by atoms with Crippen molar-refractivity contribution < 1.29 is 24.6 Å². The van der Waals surface area contributed by atoms with Gasteiger partial charge in [0.2, 0.25) is 5.91 Å². The second-order valence-electron chi connectivity index (χ2n) is 11.5. The Morgan fingerprint density at radius 3 is 2.62 bits per heavy atom. The maximum Gasteiger partial charge on any atom is 0.254 e. The SMILES string of the molecule is Cc1c(O)cccc1C(=O)N[C@@H](Cc1ccccc1)[C@H](O)C(=O)N1CSC(C)(C)[C@H]1C(=O)N[C@@H]1CCCc2sccc21. The molecule has 0 radical (unpaired) electrons. The maximum atomic E-state index is 14.0. The number of aliphatic hydroxyl groups excluding tert-OH is 1. The summed E-state index contributed by atoms with van der Waals surface area (Å²) in [5.74, 6) is -1.13. The highest BCUT2D eigenvalue weighted by molar-refractivity contribution is 8.00. The van der Waals surface area contributed by atoms with Crippen LogP contribution in [0.25, 0.3) is 0 Å². The Bertz CT molecular complexity index is 1460. The number of aliphatic hydroxyl groups is 1. The zero-order valence-corrected chi connectivity index (χ0v) is 25.6. The van der Waals surface area contributed by atoms with Crippen molar-refractivity contribution in [2.45, 2.75) is 75.4 Å². The van der Waals surface area contributed by atoms with Crippen LogP contribution in [-0.4, -0.2) is 61.6 Å². The molecule has 3 aromatic rings. The summed E-state index contributed by atoms with van der Waals surface area (Å²) in [6.45, 7) is 5.51. The fraction of sp³-hybridized carbons (Fsp3) is 0.406. The van der Waals surface area contributed by atoms with Gasteiger partial charge in [-0.2, -0.15) is 0 Å². The molecule has 0 saturated carbocycles. The molecule has 3 amide bonds. The minimum atomic E-state index is -1.60. The fourth-order valence-electron chi connectivity index (χ4n) is 5.87. The zero-order chi connectivity index (χ0) is 30.0. The molecule has 1 fully saturated rings. The Labute approximate surface area is 254 Å². The van der Waals surface area contributed by atoms with Gasteiger partial charge in [0.1, 0.15) is 11.8 Å². The average molecular weight is 608 g/mol. The number of carbonyl (C=O) groups excluding carboxylic acids is 3. The van der Waals surface area contributed by atoms with Gasteiger partial charge in [0.05, 0.1) is 18.0 Å². The molecule has 1 aliphatic heterocycles. The quantitative estimate of drug-likeness (QED) is 0.303. The van der Waals surface area contributed by atoms with E-state index in [1.54, 1.807) is 30.4 Å². The number of hydrogen-bond acceptors (Lipinski definition) is 7. The van der Waals surface area contributed by atoms with Crippen molar-refractivity contribution in [3.05, 3.63) is 87.1 Å². The standard InChI is InChI=1S/C32H37N3O5S2/c1-19-21(11-7-13-25(19)36)29(38)34-24(17-20-9-5-4-6-10-20)27(37)31(40)35-18-42-32(2,3)28(35)30(39)33-23-12-8-14-26-22(23)15-16-41-26/h4-7,9-11,13,15-16,23-24,27-28,36-37H,8,12,14,17-18H2,1-3H3,(H,33,39)(H,34,38)/t23-,24+,27+,28-/m1/s1. The third-order valence-corrected chi connectivity index (χ3v) is 10.6. The van der Waals surface area contributed by atoms with Gasteiger partial charge in [-0.3, -0.25) is 14.4 Å². The molecular formula is C32H37N3O5S2. The lowest BCUT2D eigenvalue weighted by atomic mass is 9.92. The average Bonchev–Trinajstić information content (AvgIpc) is 3.58. The highest BCUT2D eigenvalue weighted by Gasteiger charge is 2.50. The number of nitrogens with one attached hydrogen (secondary N) is 2. The van der Waals surface area contributed by atoms with E-state index in [4.69, 9.17) is 0 Å². The van der Waals surface area contributed by atoms with E-state index in [-0.39, 0.29) is 35.6 Å². The van der Waals surface area contributed by atoms with E-state index in [2.05, 4.69) is 22.1 Å². The molecular weight excluding hydrogens is 571 g/mol. The Morgan fingerprint density at radius 2 is 1.86 bits per heavy atom. The molecule has 0 spiro atoms. The first kappa shape index (κ1) is 30.1. The van der Waals surface area contributed by atoms with Crippen molar-refractivity contribution in [1.82, 2.24) is 15.5 Å². The molecule has 4 N–H and O–H groups in total. The number of thioether (sulfide) groups is 1. The van der Waals surface area contributed by atoms with Gasteiger partial charge in [0, 0.05) is 20.8 Å². The van der Waals surface area contributed by atoms with Crippen LogP contribution in [0.4, 0.5) is 0 Å². The van der Waals surface area contributed by atoms with E-state index in [0.29, 0.717) is 5.56 Å². The third kappa shape index (κ3) is 6.21. The summed E-state index contributed by atoms with van der Waals surface area (Å²) >= 11 is 3.19. The van der Waals surface area contributed by atoms with E-state index in [1.807, 2.05) is 44.2 Å². The first-order chi connectivity index (χ1) is 20.1. The van der Waals surface area contributed by atoms with Crippen molar-refractivity contribution in [2.75, 3.05) is 5.88 Å². The molecule has 4 atom stereocenters. The highest BCUT2D eigenvalue weighted by atomic mass is 32.2. The number of carbonyl (C=O) groups is 3. The number of hydrogen-bond donors (Lipinski definition) is 4. The summed E-state index contributed by atoms with van der Waals surface area (Å²) in [5, 5.41) is 29.7. The molecule has 2 heterocycles. The number of aromatic hydroxyl groups is 1. The summed E-state index contributed by atoms with van der Waals surface area (Å²) in [7, 11) is 0. The zero-order valence-electron chi connectivity index (χ0n) is 24.0. The van der Waals surface area contributed by atoms with Crippen molar-refractivity contribution in [1.29, 1.82) is 0 Å². The van der Waals surface area contributed by atoms with Gasteiger partial charge in [-0.25, -0.2) is 0 Å². The summed E-state index contributed by atoms with van der Waals surface area (Å²) in [6.07, 6.45) is 1.43. The molecule has 5 rings (SSSR count). The molecule has 1 aliphatic carbocycles. The number of nitrogens with zero attached hydrogens (tertiary/aromatic N) is 1. The predicted octanol–water partition coefficient (Wildman–Crippen LogP) is 4.34. The maximum absolute atomic E-state index is 14.0. The van der Waals surface area contributed by atoms with Crippen LogP contribution in [0.5, 0.6) is 5.75 Å². The lowest BCUT2D eigenvalue weighted by Gasteiger charge is -2.35. The molecule has 0 unspecified atom stereocenters. The Kier molecular flexibility index (Phi) is 8.96. The number of rotatable bonds is 8. The number of phenolic OH excluding ortho intramolecular Hbond substituents is 1. The van der Waals surface area contributed by atoms with Gasteiger partial charge in [0.25, 0.3) is 11.8 Å². The second kappa shape index (κ2) is 12.5. The number of amides is 3. The molecule has 1 aromatic heterocycles. The lowest BCUT2D eigenvalue weighted by Crippen LogP contribution is -2.59. The van der Waals surface area contributed by atoms with Gasteiger partial charge in [-0.1, -0.05) is 36.4 Å². The molecule has 0 bridgehead atoms. The topological polar surface area (TPSA) is 119 Å². The van der Waals surface area contributed by atoms with Gasteiger partial charge in [0.15, 0.2) is 6.10 Å². The van der Waals surface area contributed by atoms with Gasteiger partial charge in [-0.05, 0) is 81.2 Å². The normalized spacial score (nSPS) is 20.8. The van der Waals surface area contributed by atoms with Crippen LogP contribution in [0.2, 0.25) is 0 Å². The number of fused-ring (bicyclic) bond motifs is 1. The van der Waals surface area contributed by atoms with Gasteiger partial charge in [-0.15, -0.1) is 23.1 Å². The summed E-state index contributed by atoms with van der Waals surface area (Å²) < 4.78 is -0.581. The smallest absolute Gasteiger partial charge is 0.254 e. The number of phenols is 1. The number of benzene rings is 2. The van der Waals surface area contributed by atoms with Crippen molar-refractivity contribution in [3.8, 4) is 5.75 Å².